The summed E-state index contributed by atoms with van der Waals surface area (Å²) in [6, 6.07) is 6.64. The molecule has 0 radical (unpaired) electrons. The average Bonchev–Trinajstić information content (AvgIpc) is 2.81. The number of ketones is 1. The van der Waals surface area contributed by atoms with E-state index in [0.29, 0.717) is 19.0 Å². The van der Waals surface area contributed by atoms with Crippen LogP contribution in [0.5, 0.6) is 0 Å². The first-order valence-electron chi connectivity index (χ1n) is 11.5. The van der Waals surface area contributed by atoms with E-state index >= 15 is 0 Å². The van der Waals surface area contributed by atoms with Crippen molar-refractivity contribution in [2.45, 2.75) is 65.1 Å². The van der Waals surface area contributed by atoms with Crippen LogP contribution in [0.1, 0.15) is 50.7 Å². The van der Waals surface area contributed by atoms with Crippen LogP contribution in [0.15, 0.2) is 42.5 Å². The normalized spacial score (nSPS) is 16.0. The number of Topliss-reactive ketones (excluding diaryl/α,β-unsaturated/α-hetero) is 1. The minimum Gasteiger partial charge on any atom is -0.392 e. The van der Waals surface area contributed by atoms with Crippen molar-refractivity contribution in [3.8, 4) is 0 Å². The van der Waals surface area contributed by atoms with Crippen molar-refractivity contribution < 1.29 is 14.7 Å². The Balaban J connectivity index is 0.000000347. The van der Waals surface area contributed by atoms with Crippen molar-refractivity contribution in [1.82, 2.24) is 10.2 Å². The summed E-state index contributed by atoms with van der Waals surface area (Å²) in [5.74, 6) is 0.212. The highest BCUT2D eigenvalue weighted by Gasteiger charge is 2.19. The second kappa shape index (κ2) is 15.5. The number of aliphatic hydroxyl groups is 1. The van der Waals surface area contributed by atoms with Crippen molar-refractivity contribution in [2.75, 3.05) is 32.0 Å². The number of aldehydes is 1. The van der Waals surface area contributed by atoms with E-state index in [1.807, 2.05) is 45.2 Å². The summed E-state index contributed by atoms with van der Waals surface area (Å²) in [7, 11) is 1.88. The highest BCUT2D eigenvalue weighted by Crippen LogP contribution is 2.24. The third-order valence-electron chi connectivity index (χ3n) is 5.80. The van der Waals surface area contributed by atoms with Crippen LogP contribution in [0, 0.1) is 6.92 Å². The quantitative estimate of drug-likeness (QED) is 0.275. The van der Waals surface area contributed by atoms with E-state index in [1.54, 1.807) is 0 Å². The van der Waals surface area contributed by atoms with Gasteiger partial charge in [-0.25, -0.2) is 0 Å². The van der Waals surface area contributed by atoms with Crippen molar-refractivity contribution in [3.63, 3.8) is 0 Å². The number of piperidine rings is 1. The number of likely N-dealkylation sites (N-methyl/N-ethyl adjacent to an activating group) is 1. The highest BCUT2D eigenvalue weighted by molar-refractivity contribution is 5.94. The fourth-order valence-corrected chi connectivity index (χ4v) is 3.76. The second-order valence-electron chi connectivity index (χ2n) is 8.20. The van der Waals surface area contributed by atoms with Crippen LogP contribution in [0.2, 0.25) is 0 Å². The number of aryl methyl sites for hydroxylation is 1. The number of nitrogens with zero attached hydrogens (tertiary/aromatic N) is 1. The number of likely N-dealkylation sites (tertiary alicyclic amines) is 1. The molecule has 0 aromatic heterocycles. The largest absolute Gasteiger partial charge is 0.392 e. The number of benzene rings is 1. The Bertz CT molecular complexity index is 753. The van der Waals surface area contributed by atoms with E-state index in [-0.39, 0.29) is 18.4 Å². The van der Waals surface area contributed by atoms with Crippen LogP contribution >= 0.6 is 0 Å². The molecule has 1 atom stereocenters. The number of carbonyl (C=O) groups is 2. The summed E-state index contributed by atoms with van der Waals surface area (Å²) >= 11 is 0. The molecule has 0 aliphatic carbocycles. The number of anilines is 1. The Hall–Kier alpha value is -2.28. The zero-order valence-corrected chi connectivity index (χ0v) is 20.2. The minimum atomic E-state index is 0.0635. The maximum absolute atomic E-state index is 11.2. The number of rotatable bonds is 11. The van der Waals surface area contributed by atoms with Gasteiger partial charge in [-0.2, -0.15) is 0 Å². The van der Waals surface area contributed by atoms with Gasteiger partial charge in [0.05, 0.1) is 13.2 Å². The summed E-state index contributed by atoms with van der Waals surface area (Å²) < 4.78 is 0. The highest BCUT2D eigenvalue weighted by atomic mass is 16.3. The fourth-order valence-electron chi connectivity index (χ4n) is 3.76. The number of carbonyl (C=O) groups excluding carboxylic acids is 2. The van der Waals surface area contributed by atoms with Crippen LogP contribution in [-0.4, -0.2) is 60.8 Å². The number of allylic oxidation sites excluding steroid dienone is 1. The summed E-state index contributed by atoms with van der Waals surface area (Å²) in [4.78, 5) is 23.9. The van der Waals surface area contributed by atoms with Crippen LogP contribution in [0.25, 0.3) is 0 Å². The maximum Gasteiger partial charge on any atom is 0.158 e. The van der Waals surface area contributed by atoms with Crippen molar-refractivity contribution in [2.24, 2.45) is 0 Å². The molecule has 6 heteroatoms. The van der Waals surface area contributed by atoms with Crippen LogP contribution < -0.4 is 10.6 Å². The van der Waals surface area contributed by atoms with Gasteiger partial charge in [0.25, 0.3) is 0 Å². The SMILES string of the molecule is C=CCC(/C=C(\C)C(=O)CC)NC.Cc1cccc(CO)c1NC1CCN(CC=O)CC1. The molecule has 1 aliphatic rings. The Morgan fingerprint density at radius 1 is 1.34 bits per heavy atom. The Labute approximate surface area is 193 Å². The summed E-state index contributed by atoms with van der Waals surface area (Å²) in [6.07, 6.45) is 8.28. The summed E-state index contributed by atoms with van der Waals surface area (Å²) in [6.45, 7) is 12.0. The fraction of sp³-hybridized carbons (Fsp3) is 0.538. The van der Waals surface area contributed by atoms with Gasteiger partial charge in [0.15, 0.2) is 5.78 Å². The standard InChI is InChI=1S/C15H22N2O2.C11H19NO/c1-12-3-2-4-13(11-19)15(12)16-14-5-7-17(8-6-14)9-10-18;1-5-7-10(12-4)8-9(3)11(13)6-2/h2-4,10,14,16,19H,5-9,11H2,1H3;5,8,10,12H,1,6-7H2,2-4H3/b;9-8+. The number of hydrogen-bond acceptors (Lipinski definition) is 6. The third kappa shape index (κ3) is 9.47. The van der Waals surface area contributed by atoms with E-state index in [2.05, 4.69) is 35.1 Å². The van der Waals surface area contributed by atoms with Gasteiger partial charge < -0.3 is 20.5 Å². The van der Waals surface area contributed by atoms with Crippen molar-refractivity contribution in [1.29, 1.82) is 0 Å². The van der Waals surface area contributed by atoms with E-state index in [9.17, 15) is 14.7 Å². The van der Waals surface area contributed by atoms with Gasteiger partial charge in [-0.1, -0.05) is 37.3 Å². The zero-order chi connectivity index (χ0) is 23.9. The van der Waals surface area contributed by atoms with Gasteiger partial charge >= 0.3 is 0 Å². The zero-order valence-electron chi connectivity index (χ0n) is 20.2. The van der Waals surface area contributed by atoms with Gasteiger partial charge in [0.2, 0.25) is 0 Å². The molecule has 0 spiro atoms. The molecule has 1 aliphatic heterocycles. The van der Waals surface area contributed by atoms with E-state index in [4.69, 9.17) is 0 Å². The monoisotopic (exact) mass is 443 g/mol. The number of hydrogen-bond donors (Lipinski definition) is 3. The number of aliphatic hydroxyl groups excluding tert-OH is 1. The van der Waals surface area contributed by atoms with Gasteiger partial charge in [0, 0.05) is 42.8 Å². The number of para-hydroxylation sites is 1. The molecule has 32 heavy (non-hydrogen) atoms. The molecule has 1 unspecified atom stereocenters. The summed E-state index contributed by atoms with van der Waals surface area (Å²) in [5.41, 5.74) is 4.03. The van der Waals surface area contributed by atoms with Crippen molar-refractivity contribution in [3.05, 3.63) is 53.6 Å². The van der Waals surface area contributed by atoms with E-state index < -0.39 is 0 Å². The average molecular weight is 444 g/mol. The lowest BCUT2D eigenvalue weighted by molar-refractivity contribution is -0.115. The molecule has 178 valence electrons. The molecule has 1 saturated heterocycles. The van der Waals surface area contributed by atoms with Crippen LogP contribution in [0.3, 0.4) is 0 Å². The predicted octanol–water partition coefficient (Wildman–Crippen LogP) is 3.64. The van der Waals surface area contributed by atoms with Gasteiger partial charge in [0.1, 0.15) is 6.29 Å². The first-order valence-corrected chi connectivity index (χ1v) is 11.5. The molecular formula is C26H41N3O3. The lowest BCUT2D eigenvalue weighted by Gasteiger charge is -2.32. The minimum absolute atomic E-state index is 0.0635. The van der Waals surface area contributed by atoms with Gasteiger partial charge in [-0.05, 0) is 51.3 Å². The first kappa shape index (κ1) is 27.8. The van der Waals surface area contributed by atoms with Crippen molar-refractivity contribution >= 4 is 17.8 Å². The third-order valence-corrected chi connectivity index (χ3v) is 5.80. The Morgan fingerprint density at radius 2 is 2.03 bits per heavy atom. The lowest BCUT2D eigenvalue weighted by atomic mass is 10.0. The topological polar surface area (TPSA) is 81.7 Å². The van der Waals surface area contributed by atoms with E-state index in [1.165, 1.54) is 5.56 Å². The molecule has 0 bridgehead atoms. The van der Waals surface area contributed by atoms with Gasteiger partial charge in [-0.3, -0.25) is 9.69 Å². The van der Waals surface area contributed by atoms with E-state index in [0.717, 1.165) is 55.5 Å². The number of nitrogens with one attached hydrogen (secondary N) is 2. The molecule has 1 fully saturated rings. The molecule has 0 amide bonds. The first-order chi connectivity index (χ1) is 15.4. The summed E-state index contributed by atoms with van der Waals surface area (Å²) in [5, 5.41) is 16.1. The lowest BCUT2D eigenvalue weighted by Crippen LogP contribution is -2.40. The van der Waals surface area contributed by atoms with Gasteiger partial charge in [-0.15, -0.1) is 6.58 Å². The molecular weight excluding hydrogens is 402 g/mol. The van der Waals surface area contributed by atoms with Crippen LogP contribution in [-0.2, 0) is 16.2 Å². The maximum atomic E-state index is 11.2. The molecule has 1 aromatic rings. The molecule has 1 heterocycles. The predicted molar refractivity (Wildman–Crippen MR) is 133 cm³/mol. The molecule has 6 nitrogen and oxygen atoms in total. The smallest absolute Gasteiger partial charge is 0.158 e. The Morgan fingerprint density at radius 3 is 2.56 bits per heavy atom. The molecule has 1 aromatic carbocycles. The molecule has 3 N–H and O–H groups in total. The Kier molecular flexibility index (Phi) is 13.5. The molecule has 0 saturated carbocycles. The van der Waals surface area contributed by atoms with Crippen LogP contribution in [0.4, 0.5) is 5.69 Å². The molecule has 2 rings (SSSR count). The second-order valence-corrected chi connectivity index (χ2v) is 8.20.